The lowest BCUT2D eigenvalue weighted by molar-refractivity contribution is -0.119. The fraction of sp³-hybridized carbons (Fsp3) is 0.600. The van der Waals surface area contributed by atoms with E-state index >= 15 is 0 Å². The quantitative estimate of drug-likeness (QED) is 0.677. The average molecular weight is 242 g/mol. The lowest BCUT2D eigenvalue weighted by Crippen LogP contribution is -2.43. The molecule has 0 spiro atoms. The summed E-state index contributed by atoms with van der Waals surface area (Å²) in [7, 11) is 1.92. The lowest BCUT2D eigenvalue weighted by Gasteiger charge is -2.13. The summed E-state index contributed by atoms with van der Waals surface area (Å²) in [6.45, 7) is 2.85. The second-order valence-corrected chi connectivity index (χ2v) is 4.53. The Balaban J connectivity index is 2.44. The number of imidazole rings is 1. The highest BCUT2D eigenvalue weighted by Crippen LogP contribution is 2.15. The predicted molar refractivity (Wildman–Crippen MR) is 65.2 cm³/mol. The molecule has 1 aromatic heterocycles. The van der Waals surface area contributed by atoms with Crippen LogP contribution in [0.1, 0.15) is 13.3 Å². The number of aryl methyl sites for hydroxylation is 1. The van der Waals surface area contributed by atoms with Crippen LogP contribution < -0.4 is 11.1 Å². The van der Waals surface area contributed by atoms with Crippen LogP contribution >= 0.6 is 11.8 Å². The Morgan fingerprint density at radius 3 is 3.00 bits per heavy atom. The maximum atomic E-state index is 11.2. The van der Waals surface area contributed by atoms with Crippen molar-refractivity contribution in [3.63, 3.8) is 0 Å². The number of primary amides is 1. The SMILES string of the molecule is CCCNC(CSc1nccn1C)C(N)=O. The molecule has 6 heteroatoms. The van der Waals surface area contributed by atoms with Crippen LogP contribution in [0.2, 0.25) is 0 Å². The van der Waals surface area contributed by atoms with E-state index in [-0.39, 0.29) is 11.9 Å². The molecule has 1 rings (SSSR count). The predicted octanol–water partition coefficient (Wildman–Crippen LogP) is 0.366. The van der Waals surface area contributed by atoms with Gasteiger partial charge >= 0.3 is 0 Å². The van der Waals surface area contributed by atoms with Gasteiger partial charge in [0.2, 0.25) is 5.91 Å². The monoisotopic (exact) mass is 242 g/mol. The zero-order valence-corrected chi connectivity index (χ0v) is 10.5. The number of thioether (sulfide) groups is 1. The third-order valence-corrected chi connectivity index (χ3v) is 3.29. The van der Waals surface area contributed by atoms with E-state index in [1.54, 1.807) is 6.20 Å². The molecule has 3 N–H and O–H groups in total. The second kappa shape index (κ2) is 6.55. The second-order valence-electron chi connectivity index (χ2n) is 3.54. The number of carbonyl (C=O) groups is 1. The highest BCUT2D eigenvalue weighted by Gasteiger charge is 2.15. The van der Waals surface area contributed by atoms with Crippen molar-refractivity contribution in [2.75, 3.05) is 12.3 Å². The molecule has 0 aliphatic heterocycles. The normalized spacial score (nSPS) is 12.6. The smallest absolute Gasteiger partial charge is 0.235 e. The summed E-state index contributed by atoms with van der Waals surface area (Å²) < 4.78 is 1.92. The van der Waals surface area contributed by atoms with Gasteiger partial charge in [-0.05, 0) is 13.0 Å². The third-order valence-electron chi connectivity index (χ3n) is 2.14. The van der Waals surface area contributed by atoms with Gasteiger partial charge in [0.1, 0.15) is 0 Å². The molecule has 1 atom stereocenters. The molecule has 1 amide bonds. The molecule has 0 radical (unpaired) electrons. The van der Waals surface area contributed by atoms with E-state index in [2.05, 4.69) is 17.2 Å². The van der Waals surface area contributed by atoms with Crippen LogP contribution in [0.25, 0.3) is 0 Å². The zero-order valence-electron chi connectivity index (χ0n) is 9.64. The van der Waals surface area contributed by atoms with E-state index in [9.17, 15) is 4.79 Å². The molecule has 0 saturated carbocycles. The van der Waals surface area contributed by atoms with Crippen molar-refractivity contribution in [2.45, 2.75) is 24.5 Å². The van der Waals surface area contributed by atoms with Gasteiger partial charge < -0.3 is 15.6 Å². The molecule has 1 aromatic rings. The van der Waals surface area contributed by atoms with E-state index < -0.39 is 0 Å². The molecular weight excluding hydrogens is 224 g/mol. The third kappa shape index (κ3) is 3.86. The van der Waals surface area contributed by atoms with Gasteiger partial charge in [-0.2, -0.15) is 0 Å². The molecule has 1 unspecified atom stereocenters. The van der Waals surface area contributed by atoms with Crippen LogP contribution in [-0.4, -0.2) is 33.8 Å². The van der Waals surface area contributed by atoms with Crippen LogP contribution in [0.15, 0.2) is 17.6 Å². The summed E-state index contributed by atoms with van der Waals surface area (Å²) in [4.78, 5) is 15.3. The number of amides is 1. The number of aromatic nitrogens is 2. The first kappa shape index (κ1) is 13.1. The van der Waals surface area contributed by atoms with Crippen molar-refractivity contribution in [2.24, 2.45) is 12.8 Å². The number of nitrogens with one attached hydrogen (secondary N) is 1. The number of hydrogen-bond donors (Lipinski definition) is 2. The average Bonchev–Trinajstić information content (AvgIpc) is 2.64. The Morgan fingerprint density at radius 1 is 1.75 bits per heavy atom. The molecule has 0 fully saturated rings. The topological polar surface area (TPSA) is 72.9 Å². The Morgan fingerprint density at radius 2 is 2.50 bits per heavy atom. The summed E-state index contributed by atoms with van der Waals surface area (Å²) >= 11 is 1.53. The number of nitrogens with two attached hydrogens (primary N) is 1. The van der Waals surface area contributed by atoms with Crippen LogP contribution in [-0.2, 0) is 11.8 Å². The zero-order chi connectivity index (χ0) is 12.0. The van der Waals surface area contributed by atoms with Gasteiger partial charge in [-0.1, -0.05) is 18.7 Å². The Labute approximate surface area is 99.8 Å². The van der Waals surface area contributed by atoms with E-state index in [4.69, 9.17) is 5.73 Å². The van der Waals surface area contributed by atoms with Crippen molar-refractivity contribution in [1.29, 1.82) is 0 Å². The molecular formula is C10H18N4OS. The lowest BCUT2D eigenvalue weighted by atomic mass is 10.3. The molecule has 0 aromatic carbocycles. The van der Waals surface area contributed by atoms with E-state index in [0.717, 1.165) is 18.1 Å². The summed E-state index contributed by atoms with van der Waals surface area (Å²) in [5.41, 5.74) is 5.31. The van der Waals surface area contributed by atoms with E-state index in [1.807, 2.05) is 17.8 Å². The fourth-order valence-electron chi connectivity index (χ4n) is 1.21. The molecule has 1 heterocycles. The van der Waals surface area contributed by atoms with Gasteiger partial charge in [0.15, 0.2) is 5.16 Å². The molecule has 90 valence electrons. The van der Waals surface area contributed by atoms with Crippen molar-refractivity contribution >= 4 is 17.7 Å². The maximum absolute atomic E-state index is 11.2. The fourth-order valence-corrected chi connectivity index (χ4v) is 2.21. The van der Waals surface area contributed by atoms with Crippen LogP contribution in [0.3, 0.4) is 0 Å². The first-order chi connectivity index (χ1) is 7.65. The number of hydrogen-bond acceptors (Lipinski definition) is 4. The van der Waals surface area contributed by atoms with E-state index in [1.165, 1.54) is 11.8 Å². The van der Waals surface area contributed by atoms with Crippen molar-refractivity contribution in [1.82, 2.24) is 14.9 Å². The van der Waals surface area contributed by atoms with Crippen molar-refractivity contribution in [3.05, 3.63) is 12.4 Å². The van der Waals surface area contributed by atoms with Gasteiger partial charge in [-0.25, -0.2) is 4.98 Å². The highest BCUT2D eigenvalue weighted by molar-refractivity contribution is 7.99. The molecule has 0 aliphatic carbocycles. The van der Waals surface area contributed by atoms with Crippen LogP contribution in [0.4, 0.5) is 0 Å². The summed E-state index contributed by atoms with van der Waals surface area (Å²) in [5, 5.41) is 4.01. The largest absolute Gasteiger partial charge is 0.368 e. The molecule has 16 heavy (non-hydrogen) atoms. The van der Waals surface area contributed by atoms with Crippen LogP contribution in [0.5, 0.6) is 0 Å². The van der Waals surface area contributed by atoms with E-state index in [0.29, 0.717) is 5.75 Å². The molecule has 5 nitrogen and oxygen atoms in total. The first-order valence-electron chi connectivity index (χ1n) is 5.28. The number of rotatable bonds is 7. The van der Waals surface area contributed by atoms with Gasteiger partial charge in [-0.3, -0.25) is 4.79 Å². The maximum Gasteiger partial charge on any atom is 0.235 e. The summed E-state index contributed by atoms with van der Waals surface area (Å²) in [6.07, 6.45) is 4.60. The first-order valence-corrected chi connectivity index (χ1v) is 6.26. The van der Waals surface area contributed by atoms with Gasteiger partial charge in [0.25, 0.3) is 0 Å². The minimum Gasteiger partial charge on any atom is -0.368 e. The Hall–Kier alpha value is -1.01. The molecule has 0 saturated heterocycles. The summed E-state index contributed by atoms with van der Waals surface area (Å²) in [5.74, 6) is 0.301. The van der Waals surface area contributed by atoms with Crippen molar-refractivity contribution in [3.8, 4) is 0 Å². The summed E-state index contributed by atoms with van der Waals surface area (Å²) in [6, 6.07) is -0.290. The Kier molecular flexibility index (Phi) is 5.34. The number of carbonyl (C=O) groups excluding carboxylic acids is 1. The minimum absolute atomic E-state index is 0.290. The van der Waals surface area contributed by atoms with Gasteiger partial charge in [0.05, 0.1) is 6.04 Å². The minimum atomic E-state index is -0.310. The van der Waals surface area contributed by atoms with Gasteiger partial charge in [-0.15, -0.1) is 0 Å². The number of nitrogens with zero attached hydrogens (tertiary/aromatic N) is 2. The molecule has 0 bridgehead atoms. The molecule has 0 aliphatic rings. The highest BCUT2D eigenvalue weighted by atomic mass is 32.2. The standard InChI is InChI=1S/C10H18N4OS/c1-3-4-12-8(9(11)15)7-16-10-13-5-6-14(10)2/h5-6,8,12H,3-4,7H2,1-2H3,(H2,11,15). The van der Waals surface area contributed by atoms with Crippen LogP contribution in [0, 0.1) is 0 Å². The van der Waals surface area contributed by atoms with Crippen molar-refractivity contribution < 1.29 is 4.79 Å². The van der Waals surface area contributed by atoms with Gasteiger partial charge in [0, 0.05) is 25.2 Å². The Bertz CT molecular complexity index is 339.